The molecule has 1 N–H and O–H groups in total. The number of allylic oxidation sites excluding steroid dienone is 1. The minimum atomic E-state index is 0.665. The van der Waals surface area contributed by atoms with Gasteiger partial charge in [-0.2, -0.15) is 0 Å². The van der Waals surface area contributed by atoms with Crippen LogP contribution in [0.2, 0.25) is 0 Å². The van der Waals surface area contributed by atoms with Crippen LogP contribution in [-0.2, 0) is 0 Å². The van der Waals surface area contributed by atoms with Crippen LogP contribution in [0.15, 0.2) is 12.7 Å². The summed E-state index contributed by atoms with van der Waals surface area (Å²) < 4.78 is 0. The molecule has 13 heavy (non-hydrogen) atoms. The average Bonchev–Trinajstić information content (AvgIpc) is 2.64. The lowest BCUT2D eigenvalue weighted by atomic mass is 10.1. The summed E-state index contributed by atoms with van der Waals surface area (Å²) in [6, 6.07) is 0.665. The molecule has 1 fully saturated rings. The lowest BCUT2D eigenvalue weighted by Gasteiger charge is -2.16. The molecule has 1 aliphatic rings. The summed E-state index contributed by atoms with van der Waals surface area (Å²) in [6.07, 6.45) is 10.2. The molecule has 0 spiro atoms. The maximum Gasteiger partial charge on any atom is 0.00417 e. The Kier molecular flexibility index (Phi) is 5.14. The second kappa shape index (κ2) is 6.20. The highest BCUT2D eigenvalue weighted by Crippen LogP contribution is 2.23. The van der Waals surface area contributed by atoms with E-state index in [9.17, 15) is 0 Å². The molecule has 0 radical (unpaired) electrons. The first-order valence-corrected chi connectivity index (χ1v) is 5.67. The summed E-state index contributed by atoms with van der Waals surface area (Å²) in [5.41, 5.74) is 0. The summed E-state index contributed by atoms with van der Waals surface area (Å²) in [7, 11) is 0. The van der Waals surface area contributed by atoms with Crippen molar-refractivity contribution in [2.75, 3.05) is 6.54 Å². The van der Waals surface area contributed by atoms with Crippen LogP contribution in [-0.4, -0.2) is 12.6 Å². The predicted octanol–water partition coefficient (Wildman–Crippen LogP) is 3.12. The van der Waals surface area contributed by atoms with Crippen molar-refractivity contribution in [1.29, 1.82) is 0 Å². The van der Waals surface area contributed by atoms with Gasteiger partial charge >= 0.3 is 0 Å². The van der Waals surface area contributed by atoms with Gasteiger partial charge in [-0.3, -0.25) is 0 Å². The second-order valence-electron chi connectivity index (χ2n) is 4.33. The Bertz CT molecular complexity index is 136. The Labute approximate surface area is 82.6 Å². The Morgan fingerprint density at radius 2 is 2.15 bits per heavy atom. The van der Waals surface area contributed by atoms with Gasteiger partial charge in [-0.25, -0.2) is 0 Å². The van der Waals surface area contributed by atoms with Crippen LogP contribution in [0.1, 0.15) is 45.4 Å². The van der Waals surface area contributed by atoms with Gasteiger partial charge in [0.15, 0.2) is 0 Å². The molecule has 0 heterocycles. The number of nitrogens with one attached hydrogen (secondary N) is 1. The van der Waals surface area contributed by atoms with Crippen LogP contribution in [0.5, 0.6) is 0 Å². The van der Waals surface area contributed by atoms with Gasteiger partial charge in [0, 0.05) is 6.04 Å². The van der Waals surface area contributed by atoms with E-state index in [1.165, 1.54) is 38.6 Å². The normalized spacial score (nSPS) is 20.4. The third-order valence-corrected chi connectivity index (χ3v) is 3.03. The molecule has 1 unspecified atom stereocenters. The maximum atomic E-state index is 3.74. The molecule has 0 aromatic rings. The Balaban J connectivity index is 1.99. The molecule has 0 amide bonds. The first-order chi connectivity index (χ1) is 6.33. The molecule has 0 saturated heterocycles. The molecule has 0 aromatic carbocycles. The second-order valence-corrected chi connectivity index (χ2v) is 4.33. The fraction of sp³-hybridized carbons (Fsp3) is 0.833. The van der Waals surface area contributed by atoms with E-state index in [2.05, 4.69) is 18.8 Å². The largest absolute Gasteiger partial charge is 0.314 e. The van der Waals surface area contributed by atoms with Crippen LogP contribution in [0.4, 0.5) is 0 Å². The van der Waals surface area contributed by atoms with E-state index in [1.807, 2.05) is 6.08 Å². The molecule has 1 atom stereocenters. The molecule has 1 nitrogen and oxygen atoms in total. The smallest absolute Gasteiger partial charge is 0.00417 e. The van der Waals surface area contributed by atoms with E-state index >= 15 is 0 Å². The van der Waals surface area contributed by atoms with E-state index in [-0.39, 0.29) is 0 Å². The minimum absolute atomic E-state index is 0.665. The van der Waals surface area contributed by atoms with Crippen molar-refractivity contribution in [1.82, 2.24) is 5.32 Å². The summed E-state index contributed by atoms with van der Waals surface area (Å²) in [4.78, 5) is 0. The van der Waals surface area contributed by atoms with Crippen molar-refractivity contribution < 1.29 is 0 Å². The molecule has 0 aliphatic heterocycles. The van der Waals surface area contributed by atoms with Crippen LogP contribution in [0.3, 0.4) is 0 Å². The number of rotatable bonds is 6. The van der Waals surface area contributed by atoms with Crippen molar-refractivity contribution in [2.45, 2.75) is 51.5 Å². The Hall–Kier alpha value is -0.300. The van der Waals surface area contributed by atoms with Crippen molar-refractivity contribution in [3.63, 3.8) is 0 Å². The van der Waals surface area contributed by atoms with Crippen molar-refractivity contribution in [3.8, 4) is 0 Å². The van der Waals surface area contributed by atoms with Gasteiger partial charge < -0.3 is 5.32 Å². The van der Waals surface area contributed by atoms with Gasteiger partial charge in [0.1, 0.15) is 0 Å². The first kappa shape index (κ1) is 10.8. The summed E-state index contributed by atoms with van der Waals surface area (Å²) >= 11 is 0. The van der Waals surface area contributed by atoms with Crippen LogP contribution in [0, 0.1) is 5.92 Å². The monoisotopic (exact) mass is 181 g/mol. The van der Waals surface area contributed by atoms with Gasteiger partial charge in [0.2, 0.25) is 0 Å². The van der Waals surface area contributed by atoms with E-state index in [4.69, 9.17) is 0 Å². The number of hydrogen-bond acceptors (Lipinski definition) is 1. The average molecular weight is 181 g/mol. The van der Waals surface area contributed by atoms with Crippen LogP contribution < -0.4 is 5.32 Å². The maximum absolute atomic E-state index is 3.74. The topological polar surface area (TPSA) is 12.0 Å². The number of hydrogen-bond donors (Lipinski definition) is 1. The van der Waals surface area contributed by atoms with Gasteiger partial charge in [0.05, 0.1) is 0 Å². The quantitative estimate of drug-likeness (QED) is 0.621. The molecule has 1 heteroatoms. The zero-order chi connectivity index (χ0) is 9.52. The minimum Gasteiger partial charge on any atom is -0.314 e. The van der Waals surface area contributed by atoms with E-state index < -0.39 is 0 Å². The Morgan fingerprint density at radius 1 is 1.46 bits per heavy atom. The molecule has 1 saturated carbocycles. The first-order valence-electron chi connectivity index (χ1n) is 5.67. The molecular formula is C12H23N. The highest BCUT2D eigenvalue weighted by Gasteiger charge is 2.14. The van der Waals surface area contributed by atoms with Crippen LogP contribution in [0.25, 0.3) is 0 Å². The van der Waals surface area contributed by atoms with Crippen LogP contribution >= 0.6 is 0 Å². The SMILES string of the molecule is C=CCCC(C)NCC1CCCC1. The highest BCUT2D eigenvalue weighted by molar-refractivity contribution is 4.74. The summed E-state index contributed by atoms with van der Waals surface area (Å²) in [6.45, 7) is 7.25. The van der Waals surface area contributed by atoms with Crippen molar-refractivity contribution in [2.24, 2.45) is 5.92 Å². The van der Waals surface area contributed by atoms with Crippen molar-refractivity contribution >= 4 is 0 Å². The lowest BCUT2D eigenvalue weighted by Crippen LogP contribution is -2.30. The standard InChI is InChI=1S/C12H23N/c1-3-4-7-11(2)13-10-12-8-5-6-9-12/h3,11-13H,1,4-10H2,2H3. The molecule has 1 rings (SSSR count). The van der Waals surface area contributed by atoms with Crippen molar-refractivity contribution in [3.05, 3.63) is 12.7 Å². The fourth-order valence-electron chi connectivity index (χ4n) is 2.05. The summed E-state index contributed by atoms with van der Waals surface area (Å²) in [5, 5.41) is 3.61. The fourth-order valence-corrected chi connectivity index (χ4v) is 2.05. The van der Waals surface area contributed by atoms with E-state index in [1.54, 1.807) is 0 Å². The Morgan fingerprint density at radius 3 is 2.77 bits per heavy atom. The highest BCUT2D eigenvalue weighted by atomic mass is 14.9. The third-order valence-electron chi connectivity index (χ3n) is 3.03. The molecule has 0 aromatic heterocycles. The zero-order valence-corrected chi connectivity index (χ0v) is 8.89. The lowest BCUT2D eigenvalue weighted by molar-refractivity contribution is 0.433. The van der Waals surface area contributed by atoms with Gasteiger partial charge in [-0.1, -0.05) is 18.9 Å². The summed E-state index contributed by atoms with van der Waals surface area (Å²) in [5.74, 6) is 0.964. The zero-order valence-electron chi connectivity index (χ0n) is 8.89. The molecule has 0 bridgehead atoms. The molecular weight excluding hydrogens is 158 g/mol. The van der Waals surface area contributed by atoms with Gasteiger partial charge in [-0.15, -0.1) is 6.58 Å². The third kappa shape index (κ3) is 4.47. The van der Waals surface area contributed by atoms with E-state index in [0.29, 0.717) is 6.04 Å². The van der Waals surface area contributed by atoms with E-state index in [0.717, 1.165) is 12.3 Å². The molecule has 76 valence electrons. The molecule has 1 aliphatic carbocycles. The predicted molar refractivity (Wildman–Crippen MR) is 58.9 cm³/mol. The van der Waals surface area contributed by atoms with Gasteiger partial charge in [0.25, 0.3) is 0 Å². The van der Waals surface area contributed by atoms with Gasteiger partial charge in [-0.05, 0) is 45.1 Å².